The van der Waals surface area contributed by atoms with Gasteiger partial charge in [0.1, 0.15) is 11.5 Å². The van der Waals surface area contributed by atoms with E-state index in [0.717, 1.165) is 12.1 Å². The predicted molar refractivity (Wildman–Crippen MR) is 74.3 cm³/mol. The van der Waals surface area contributed by atoms with Crippen molar-refractivity contribution in [2.75, 3.05) is 0 Å². The summed E-state index contributed by atoms with van der Waals surface area (Å²) in [5.74, 6) is 1.16. The van der Waals surface area contributed by atoms with Crippen molar-refractivity contribution < 1.29 is 22.5 Å². The highest BCUT2D eigenvalue weighted by molar-refractivity contribution is 5.70. The van der Waals surface area contributed by atoms with Gasteiger partial charge in [0, 0.05) is 12.5 Å². The Balaban J connectivity index is 2.46. The number of nitro groups is 1. The fourth-order valence-corrected chi connectivity index (χ4v) is 2.10. The molecule has 0 unspecified atom stereocenters. The molecule has 2 aromatic rings. The summed E-state index contributed by atoms with van der Waals surface area (Å²) in [7, 11) is 0. The van der Waals surface area contributed by atoms with Crippen molar-refractivity contribution in [1.29, 1.82) is 0 Å². The topological polar surface area (TPSA) is 56.3 Å². The van der Waals surface area contributed by atoms with E-state index >= 15 is 0 Å². The molecule has 0 fully saturated rings. The van der Waals surface area contributed by atoms with E-state index in [9.17, 15) is 23.3 Å². The molecule has 118 valence electrons. The number of hydrogen-bond acceptors (Lipinski definition) is 3. The van der Waals surface area contributed by atoms with Crippen LogP contribution in [0.1, 0.15) is 25.2 Å². The standard InChI is InChI=1S/C15H14F3NO3/c1-9(2)7-11-4-6-14(22-11)12-5-3-10(15(16,17)18)8-13(12)19(20)21/h3-6,8-9H,7H2,1-2H3. The van der Waals surface area contributed by atoms with Crippen LogP contribution in [0.15, 0.2) is 34.7 Å². The maximum absolute atomic E-state index is 12.7. The van der Waals surface area contributed by atoms with Crippen molar-refractivity contribution in [3.05, 3.63) is 51.8 Å². The van der Waals surface area contributed by atoms with Gasteiger partial charge in [0.15, 0.2) is 0 Å². The van der Waals surface area contributed by atoms with Crippen LogP contribution in [-0.2, 0) is 12.6 Å². The highest BCUT2D eigenvalue weighted by Gasteiger charge is 2.33. The van der Waals surface area contributed by atoms with Crippen molar-refractivity contribution in [3.63, 3.8) is 0 Å². The summed E-state index contributed by atoms with van der Waals surface area (Å²) < 4.78 is 43.5. The number of hydrogen-bond donors (Lipinski definition) is 0. The number of halogens is 3. The third-order valence-electron chi connectivity index (χ3n) is 3.06. The minimum atomic E-state index is -4.63. The maximum Gasteiger partial charge on any atom is 0.416 e. The molecule has 0 saturated heterocycles. The van der Waals surface area contributed by atoms with Gasteiger partial charge in [-0.1, -0.05) is 13.8 Å². The largest absolute Gasteiger partial charge is 0.461 e. The molecule has 1 aromatic heterocycles. The third kappa shape index (κ3) is 3.47. The summed E-state index contributed by atoms with van der Waals surface area (Å²) in [5, 5.41) is 11.1. The van der Waals surface area contributed by atoms with Gasteiger partial charge in [0.05, 0.1) is 16.1 Å². The number of rotatable bonds is 4. The Labute approximate surface area is 124 Å². The molecule has 0 saturated carbocycles. The number of benzene rings is 1. The average Bonchev–Trinajstić information content (AvgIpc) is 2.84. The van der Waals surface area contributed by atoms with Crippen LogP contribution < -0.4 is 0 Å². The second-order valence-corrected chi connectivity index (χ2v) is 5.35. The summed E-state index contributed by atoms with van der Waals surface area (Å²) in [6.07, 6.45) is -3.98. The summed E-state index contributed by atoms with van der Waals surface area (Å²) >= 11 is 0. The van der Waals surface area contributed by atoms with E-state index in [2.05, 4.69) is 0 Å². The molecule has 0 radical (unpaired) electrons. The first-order chi connectivity index (χ1) is 10.2. The molecular weight excluding hydrogens is 299 g/mol. The normalized spacial score (nSPS) is 11.9. The maximum atomic E-state index is 12.7. The van der Waals surface area contributed by atoms with Crippen LogP contribution >= 0.6 is 0 Å². The first-order valence-electron chi connectivity index (χ1n) is 6.63. The molecule has 7 heteroatoms. The molecule has 0 aliphatic heterocycles. The third-order valence-corrected chi connectivity index (χ3v) is 3.06. The molecule has 0 atom stereocenters. The van der Waals surface area contributed by atoms with Crippen molar-refractivity contribution in [2.24, 2.45) is 5.92 Å². The Morgan fingerprint density at radius 3 is 2.45 bits per heavy atom. The highest BCUT2D eigenvalue weighted by atomic mass is 19.4. The smallest absolute Gasteiger partial charge is 0.416 e. The van der Waals surface area contributed by atoms with Crippen LogP contribution in [0.2, 0.25) is 0 Å². The van der Waals surface area contributed by atoms with Crippen molar-refractivity contribution in [3.8, 4) is 11.3 Å². The van der Waals surface area contributed by atoms with Gasteiger partial charge in [-0.2, -0.15) is 13.2 Å². The molecule has 0 spiro atoms. The lowest BCUT2D eigenvalue weighted by Gasteiger charge is -2.08. The molecule has 1 heterocycles. The number of furan rings is 1. The Hall–Kier alpha value is -2.31. The molecular formula is C15H14F3NO3. The quantitative estimate of drug-likeness (QED) is 0.584. The Bertz CT molecular complexity index is 690. The summed E-state index contributed by atoms with van der Waals surface area (Å²) in [4.78, 5) is 10.2. The van der Waals surface area contributed by atoms with Crippen LogP contribution in [0.4, 0.5) is 18.9 Å². The lowest BCUT2D eigenvalue weighted by Crippen LogP contribution is -2.06. The van der Waals surface area contributed by atoms with E-state index in [0.29, 0.717) is 24.2 Å². The first kappa shape index (κ1) is 16.1. The fourth-order valence-electron chi connectivity index (χ4n) is 2.10. The summed E-state index contributed by atoms with van der Waals surface area (Å²) in [6.45, 7) is 3.98. The molecule has 0 N–H and O–H groups in total. The highest BCUT2D eigenvalue weighted by Crippen LogP contribution is 2.37. The van der Waals surface area contributed by atoms with E-state index in [1.165, 1.54) is 6.07 Å². The fraction of sp³-hybridized carbons (Fsp3) is 0.333. The van der Waals surface area contributed by atoms with Gasteiger partial charge in [-0.25, -0.2) is 0 Å². The van der Waals surface area contributed by atoms with Crippen LogP contribution in [-0.4, -0.2) is 4.92 Å². The number of alkyl halides is 3. The van der Waals surface area contributed by atoms with E-state index in [1.807, 2.05) is 13.8 Å². The van der Waals surface area contributed by atoms with Crippen molar-refractivity contribution in [1.82, 2.24) is 0 Å². The molecule has 2 rings (SSSR count). The van der Waals surface area contributed by atoms with Crippen LogP contribution in [0, 0.1) is 16.0 Å². The number of nitrogens with zero attached hydrogens (tertiary/aromatic N) is 1. The lowest BCUT2D eigenvalue weighted by atomic mass is 10.1. The molecule has 4 nitrogen and oxygen atoms in total. The minimum Gasteiger partial charge on any atom is -0.461 e. The average molecular weight is 313 g/mol. The minimum absolute atomic E-state index is 0.0352. The molecule has 0 amide bonds. The number of nitro benzene ring substituents is 1. The van der Waals surface area contributed by atoms with Crippen molar-refractivity contribution in [2.45, 2.75) is 26.4 Å². The monoisotopic (exact) mass is 313 g/mol. The van der Waals surface area contributed by atoms with Crippen molar-refractivity contribution >= 4 is 5.69 Å². The van der Waals surface area contributed by atoms with Gasteiger partial charge >= 0.3 is 6.18 Å². The van der Waals surface area contributed by atoms with E-state index in [1.54, 1.807) is 6.07 Å². The van der Waals surface area contributed by atoms with E-state index in [4.69, 9.17) is 4.42 Å². The molecule has 22 heavy (non-hydrogen) atoms. The van der Waals surface area contributed by atoms with E-state index in [-0.39, 0.29) is 11.3 Å². The van der Waals surface area contributed by atoms with Crippen LogP contribution in [0.5, 0.6) is 0 Å². The van der Waals surface area contributed by atoms with Crippen LogP contribution in [0.3, 0.4) is 0 Å². The lowest BCUT2D eigenvalue weighted by molar-refractivity contribution is -0.384. The second-order valence-electron chi connectivity index (χ2n) is 5.35. The van der Waals surface area contributed by atoms with Gasteiger partial charge in [0.2, 0.25) is 0 Å². The van der Waals surface area contributed by atoms with Crippen LogP contribution in [0.25, 0.3) is 11.3 Å². The molecule has 1 aromatic carbocycles. The molecule has 0 bridgehead atoms. The van der Waals surface area contributed by atoms with E-state index < -0.39 is 22.4 Å². The molecule has 0 aliphatic carbocycles. The summed E-state index contributed by atoms with van der Waals surface area (Å²) in [6, 6.07) is 5.62. The van der Waals surface area contributed by atoms with Gasteiger partial charge in [-0.15, -0.1) is 0 Å². The zero-order valence-corrected chi connectivity index (χ0v) is 12.0. The first-order valence-corrected chi connectivity index (χ1v) is 6.63. The van der Waals surface area contributed by atoms with Gasteiger partial charge in [-0.05, 0) is 30.2 Å². The van der Waals surface area contributed by atoms with Gasteiger partial charge in [0.25, 0.3) is 5.69 Å². The Morgan fingerprint density at radius 2 is 1.91 bits per heavy atom. The van der Waals surface area contributed by atoms with Gasteiger partial charge in [-0.3, -0.25) is 10.1 Å². The SMILES string of the molecule is CC(C)Cc1ccc(-c2ccc(C(F)(F)F)cc2[N+](=O)[O-])o1. The Morgan fingerprint density at radius 1 is 1.23 bits per heavy atom. The zero-order chi connectivity index (χ0) is 16.5. The zero-order valence-electron chi connectivity index (χ0n) is 12.0. The second kappa shape index (κ2) is 5.82. The molecule has 0 aliphatic rings. The predicted octanol–water partition coefficient (Wildman–Crippen LogP) is 5.07. The van der Waals surface area contributed by atoms with Gasteiger partial charge < -0.3 is 4.42 Å². The summed E-state index contributed by atoms with van der Waals surface area (Å²) in [5.41, 5.74) is -1.65. The Kier molecular flexibility index (Phi) is 4.25.